The molecule has 1 saturated carbocycles. The summed E-state index contributed by atoms with van der Waals surface area (Å²) in [6.45, 7) is 2.41. The zero-order valence-electron chi connectivity index (χ0n) is 13.6. The van der Waals surface area contributed by atoms with Crippen molar-refractivity contribution in [3.05, 3.63) is 23.8 Å². The van der Waals surface area contributed by atoms with Gasteiger partial charge in [-0.05, 0) is 37.5 Å². The predicted molar refractivity (Wildman–Crippen MR) is 84.8 cm³/mol. The Labute approximate surface area is 136 Å². The van der Waals surface area contributed by atoms with Crippen LogP contribution in [0.2, 0.25) is 0 Å². The highest BCUT2D eigenvalue weighted by Gasteiger charge is 2.23. The second-order valence-corrected chi connectivity index (χ2v) is 5.49. The van der Waals surface area contributed by atoms with Gasteiger partial charge in [0, 0.05) is 6.04 Å². The lowest BCUT2D eigenvalue weighted by molar-refractivity contribution is -0.124. The molecule has 2 rings (SSSR count). The molecule has 1 aliphatic carbocycles. The first-order valence-corrected chi connectivity index (χ1v) is 7.91. The number of nitrogens with one attached hydrogen (secondary N) is 1. The zero-order valence-corrected chi connectivity index (χ0v) is 13.6. The van der Waals surface area contributed by atoms with Crippen LogP contribution in [0.1, 0.15) is 43.0 Å². The minimum absolute atomic E-state index is 0.251. The van der Waals surface area contributed by atoms with Gasteiger partial charge in [-0.1, -0.05) is 13.3 Å². The molecule has 1 aromatic carbocycles. The topological polar surface area (TPSA) is 73.9 Å². The number of amides is 1. The maximum atomic E-state index is 12.0. The van der Waals surface area contributed by atoms with Gasteiger partial charge >= 0.3 is 5.97 Å². The van der Waals surface area contributed by atoms with Crippen LogP contribution in [0.3, 0.4) is 0 Å². The number of ether oxygens (including phenoxy) is 3. The van der Waals surface area contributed by atoms with Crippen LogP contribution in [0.15, 0.2) is 18.2 Å². The molecule has 0 aromatic heterocycles. The van der Waals surface area contributed by atoms with E-state index in [4.69, 9.17) is 14.2 Å². The van der Waals surface area contributed by atoms with Crippen molar-refractivity contribution in [2.24, 2.45) is 0 Å². The molecule has 0 aliphatic heterocycles. The average Bonchev–Trinajstić information content (AvgIpc) is 3.37. The molecular weight excluding hydrogens is 298 g/mol. The van der Waals surface area contributed by atoms with Gasteiger partial charge in [-0.2, -0.15) is 0 Å². The molecule has 0 radical (unpaired) electrons. The van der Waals surface area contributed by atoms with Crippen LogP contribution in [-0.4, -0.2) is 38.2 Å². The Morgan fingerprint density at radius 2 is 2.04 bits per heavy atom. The van der Waals surface area contributed by atoms with Gasteiger partial charge in [0.1, 0.15) is 0 Å². The molecule has 6 heteroatoms. The van der Waals surface area contributed by atoms with Crippen molar-refractivity contribution in [2.75, 3.05) is 20.3 Å². The van der Waals surface area contributed by atoms with Crippen molar-refractivity contribution in [1.82, 2.24) is 5.32 Å². The molecule has 0 unspecified atom stereocenters. The van der Waals surface area contributed by atoms with E-state index in [1.165, 1.54) is 7.11 Å². The summed E-state index contributed by atoms with van der Waals surface area (Å²) in [5, 5.41) is 2.76. The van der Waals surface area contributed by atoms with E-state index < -0.39 is 5.97 Å². The smallest absolute Gasteiger partial charge is 0.338 e. The summed E-state index contributed by atoms with van der Waals surface area (Å²) in [4.78, 5) is 23.5. The molecule has 0 atom stereocenters. The largest absolute Gasteiger partial charge is 0.493 e. The van der Waals surface area contributed by atoms with Crippen LogP contribution >= 0.6 is 0 Å². The van der Waals surface area contributed by atoms with Gasteiger partial charge in [-0.25, -0.2) is 4.79 Å². The third kappa shape index (κ3) is 5.47. The van der Waals surface area contributed by atoms with Gasteiger partial charge in [-0.3, -0.25) is 4.79 Å². The fourth-order valence-electron chi connectivity index (χ4n) is 1.95. The predicted octanol–water partition coefficient (Wildman–Crippen LogP) is 2.31. The van der Waals surface area contributed by atoms with Crippen LogP contribution < -0.4 is 14.8 Å². The molecule has 1 aliphatic rings. The Morgan fingerprint density at radius 3 is 2.70 bits per heavy atom. The molecule has 23 heavy (non-hydrogen) atoms. The fraction of sp³-hybridized carbons (Fsp3) is 0.529. The number of rotatable bonds is 9. The number of methoxy groups -OCH3 is 1. The Morgan fingerprint density at radius 1 is 1.26 bits per heavy atom. The second kappa shape index (κ2) is 8.41. The fourth-order valence-corrected chi connectivity index (χ4v) is 1.95. The van der Waals surface area contributed by atoms with Crippen LogP contribution in [0.4, 0.5) is 0 Å². The molecule has 126 valence electrons. The lowest BCUT2D eigenvalue weighted by Crippen LogP contribution is -2.30. The number of benzene rings is 1. The van der Waals surface area contributed by atoms with Gasteiger partial charge in [-0.15, -0.1) is 0 Å². The van der Waals surface area contributed by atoms with E-state index in [9.17, 15) is 9.59 Å². The second-order valence-electron chi connectivity index (χ2n) is 5.49. The summed E-state index contributed by atoms with van der Waals surface area (Å²) in [6.07, 6.45) is 3.98. The Kier molecular flexibility index (Phi) is 6.26. The van der Waals surface area contributed by atoms with E-state index in [0.717, 1.165) is 25.7 Å². The lowest BCUT2D eigenvalue weighted by Gasteiger charge is -2.12. The highest BCUT2D eigenvalue weighted by molar-refractivity contribution is 5.92. The van der Waals surface area contributed by atoms with Gasteiger partial charge < -0.3 is 19.5 Å². The first-order chi connectivity index (χ1) is 11.1. The number of carbonyl (C=O) groups excluding carboxylic acids is 2. The van der Waals surface area contributed by atoms with Crippen molar-refractivity contribution in [3.63, 3.8) is 0 Å². The number of carbonyl (C=O) groups is 2. The van der Waals surface area contributed by atoms with Gasteiger partial charge in [0.2, 0.25) is 0 Å². The molecule has 1 N–H and O–H groups in total. The normalized spacial score (nSPS) is 13.3. The summed E-state index contributed by atoms with van der Waals surface area (Å²) in [7, 11) is 1.51. The molecule has 1 fully saturated rings. The quantitative estimate of drug-likeness (QED) is 0.558. The zero-order chi connectivity index (χ0) is 16.7. The molecule has 0 heterocycles. The molecule has 1 amide bonds. The SMILES string of the molecule is CCCCOc1ccc(C(=O)OCC(=O)NC2CC2)cc1OC. The number of hydrogen-bond acceptors (Lipinski definition) is 5. The third-order valence-electron chi connectivity index (χ3n) is 3.43. The van der Waals surface area contributed by atoms with Crippen molar-refractivity contribution >= 4 is 11.9 Å². The van der Waals surface area contributed by atoms with Crippen molar-refractivity contribution in [3.8, 4) is 11.5 Å². The minimum atomic E-state index is -0.561. The van der Waals surface area contributed by atoms with Crippen molar-refractivity contribution in [1.29, 1.82) is 0 Å². The van der Waals surface area contributed by atoms with Crippen LogP contribution in [-0.2, 0) is 9.53 Å². The highest BCUT2D eigenvalue weighted by atomic mass is 16.5. The van der Waals surface area contributed by atoms with E-state index in [2.05, 4.69) is 12.2 Å². The number of hydrogen-bond donors (Lipinski definition) is 1. The summed E-state index contributed by atoms with van der Waals surface area (Å²) in [5.41, 5.74) is 0.323. The molecule has 0 spiro atoms. The van der Waals surface area contributed by atoms with Crippen molar-refractivity contribution < 1.29 is 23.8 Å². The maximum absolute atomic E-state index is 12.0. The van der Waals surface area contributed by atoms with E-state index in [-0.39, 0.29) is 18.6 Å². The average molecular weight is 321 g/mol. The highest BCUT2D eigenvalue weighted by Crippen LogP contribution is 2.28. The van der Waals surface area contributed by atoms with Crippen molar-refractivity contribution in [2.45, 2.75) is 38.6 Å². The van der Waals surface area contributed by atoms with Crippen LogP contribution in [0.25, 0.3) is 0 Å². The summed E-state index contributed by atoms with van der Waals surface area (Å²) in [5.74, 6) is 0.226. The maximum Gasteiger partial charge on any atom is 0.338 e. The molecular formula is C17H23NO5. The Bertz CT molecular complexity index is 554. The van der Waals surface area contributed by atoms with E-state index in [1.807, 2.05) is 0 Å². The van der Waals surface area contributed by atoms with Crippen LogP contribution in [0, 0.1) is 0 Å². The number of esters is 1. The molecule has 6 nitrogen and oxygen atoms in total. The summed E-state index contributed by atoms with van der Waals surface area (Å²) >= 11 is 0. The molecule has 1 aromatic rings. The first-order valence-electron chi connectivity index (χ1n) is 7.91. The van der Waals surface area contributed by atoms with Gasteiger partial charge in [0.15, 0.2) is 18.1 Å². The standard InChI is InChI=1S/C17H23NO5/c1-3-4-9-22-14-8-5-12(10-15(14)21-2)17(20)23-11-16(19)18-13-6-7-13/h5,8,10,13H,3-4,6-7,9,11H2,1-2H3,(H,18,19). The Balaban J connectivity index is 1.89. The molecule has 0 saturated heterocycles. The monoisotopic (exact) mass is 321 g/mol. The van der Waals surface area contributed by atoms with Crippen LogP contribution in [0.5, 0.6) is 11.5 Å². The first kappa shape index (κ1) is 17.1. The molecule has 0 bridgehead atoms. The minimum Gasteiger partial charge on any atom is -0.493 e. The van der Waals surface area contributed by atoms with E-state index in [0.29, 0.717) is 23.7 Å². The summed E-state index contributed by atoms with van der Waals surface area (Å²) in [6, 6.07) is 5.09. The third-order valence-corrected chi connectivity index (χ3v) is 3.43. The van der Waals surface area contributed by atoms with E-state index >= 15 is 0 Å². The summed E-state index contributed by atoms with van der Waals surface area (Å²) < 4.78 is 15.9. The van der Waals surface area contributed by atoms with E-state index in [1.54, 1.807) is 18.2 Å². The van der Waals surface area contributed by atoms with Gasteiger partial charge in [0.05, 0.1) is 19.3 Å². The number of unbranched alkanes of at least 4 members (excludes halogenated alkanes) is 1. The lowest BCUT2D eigenvalue weighted by atomic mass is 10.2. The Hall–Kier alpha value is -2.24. The van der Waals surface area contributed by atoms with Gasteiger partial charge in [0.25, 0.3) is 5.91 Å².